The van der Waals surface area contributed by atoms with Crippen LogP contribution in [0.2, 0.25) is 0 Å². The van der Waals surface area contributed by atoms with Gasteiger partial charge in [0.2, 0.25) is 0 Å². The van der Waals surface area contributed by atoms with Crippen molar-refractivity contribution in [1.82, 2.24) is 15.5 Å². The van der Waals surface area contributed by atoms with Gasteiger partial charge in [-0.2, -0.15) is 0 Å². The van der Waals surface area contributed by atoms with E-state index in [2.05, 4.69) is 10.6 Å². The van der Waals surface area contributed by atoms with E-state index in [9.17, 15) is 9.59 Å². The van der Waals surface area contributed by atoms with Crippen LogP contribution in [0, 0.1) is 5.92 Å². The summed E-state index contributed by atoms with van der Waals surface area (Å²) in [6, 6.07) is 0.0996. The van der Waals surface area contributed by atoms with Gasteiger partial charge in [-0.3, -0.25) is 4.79 Å². The van der Waals surface area contributed by atoms with Gasteiger partial charge < -0.3 is 25.4 Å². The number of nitrogens with zero attached hydrogens (tertiary/aromatic N) is 1. The fourth-order valence-electron chi connectivity index (χ4n) is 2.59. The first-order valence-corrected chi connectivity index (χ1v) is 7.72. The molecule has 0 radical (unpaired) electrons. The summed E-state index contributed by atoms with van der Waals surface area (Å²) >= 11 is 0. The average Bonchev–Trinajstić information content (AvgIpc) is 3.14. The third kappa shape index (κ3) is 4.57. The highest BCUT2D eigenvalue weighted by atomic mass is 16.5. The van der Waals surface area contributed by atoms with Crippen LogP contribution in [-0.4, -0.2) is 66.9 Å². The number of likely N-dealkylation sites (N-methyl/N-ethyl adjacent to an activating group) is 1. The topological polar surface area (TPSA) is 90.9 Å². The van der Waals surface area contributed by atoms with Crippen LogP contribution < -0.4 is 10.6 Å². The van der Waals surface area contributed by atoms with Gasteiger partial charge in [0.25, 0.3) is 0 Å². The lowest BCUT2D eigenvalue weighted by atomic mass is 10.0. The lowest BCUT2D eigenvalue weighted by Crippen LogP contribution is -2.50. The molecule has 120 valence electrons. The van der Waals surface area contributed by atoms with Crippen LogP contribution in [0.1, 0.15) is 26.2 Å². The Kier molecular flexibility index (Phi) is 5.81. The van der Waals surface area contributed by atoms with E-state index < -0.39 is 11.9 Å². The van der Waals surface area contributed by atoms with E-state index in [1.807, 2.05) is 6.92 Å². The highest BCUT2D eigenvalue weighted by molar-refractivity contribution is 5.77. The van der Waals surface area contributed by atoms with E-state index in [-0.39, 0.29) is 18.7 Å². The number of aliphatic carboxylic acids is 1. The lowest BCUT2D eigenvalue weighted by molar-refractivity contribution is -0.142. The van der Waals surface area contributed by atoms with Crippen molar-refractivity contribution >= 4 is 12.0 Å². The number of hydrogen-bond donors (Lipinski definition) is 3. The Bertz CT molecular complexity index is 373. The van der Waals surface area contributed by atoms with Crippen LogP contribution in [0.4, 0.5) is 4.79 Å². The Labute approximate surface area is 125 Å². The minimum Gasteiger partial charge on any atom is -0.481 e. The van der Waals surface area contributed by atoms with Crippen LogP contribution >= 0.6 is 0 Å². The number of carboxylic acid groups (broad SMARTS) is 1. The molecule has 1 saturated heterocycles. The zero-order chi connectivity index (χ0) is 15.2. The molecule has 0 aromatic heterocycles. The van der Waals surface area contributed by atoms with Gasteiger partial charge >= 0.3 is 12.0 Å². The second kappa shape index (κ2) is 7.61. The van der Waals surface area contributed by atoms with E-state index in [4.69, 9.17) is 9.84 Å². The predicted molar refractivity (Wildman–Crippen MR) is 77.2 cm³/mol. The summed E-state index contributed by atoms with van der Waals surface area (Å²) in [5.41, 5.74) is 0. The molecule has 7 nitrogen and oxygen atoms in total. The van der Waals surface area contributed by atoms with Crippen molar-refractivity contribution in [2.45, 2.75) is 38.3 Å². The summed E-state index contributed by atoms with van der Waals surface area (Å²) in [6.07, 6.45) is 3.39. The predicted octanol–water partition coefficient (Wildman–Crippen LogP) is 0.260. The molecule has 2 rings (SSSR count). The maximum atomic E-state index is 12.2. The molecule has 2 fully saturated rings. The molecule has 0 aromatic rings. The standard InChI is InChI=1S/C14H25N3O4/c1-2-17(12-9-21-8-11(12)13(18)19)14(20)16-7-3-6-15-10-4-5-10/h10-12,15H,2-9H2,1H3,(H,16,20)(H,18,19). The molecule has 2 aliphatic rings. The molecule has 3 N–H and O–H groups in total. The molecule has 1 saturated carbocycles. The highest BCUT2D eigenvalue weighted by Gasteiger charge is 2.39. The largest absolute Gasteiger partial charge is 0.481 e. The Hall–Kier alpha value is -1.34. The van der Waals surface area contributed by atoms with E-state index in [0.717, 1.165) is 13.0 Å². The normalized spacial score (nSPS) is 24.8. The van der Waals surface area contributed by atoms with Gasteiger partial charge in [0.15, 0.2) is 0 Å². The van der Waals surface area contributed by atoms with Gasteiger partial charge in [-0.25, -0.2) is 4.79 Å². The number of hydrogen-bond acceptors (Lipinski definition) is 4. The molecule has 2 unspecified atom stereocenters. The average molecular weight is 299 g/mol. The molecule has 1 aliphatic carbocycles. The van der Waals surface area contributed by atoms with Gasteiger partial charge in [0.05, 0.1) is 19.3 Å². The summed E-state index contributed by atoms with van der Waals surface area (Å²) in [5.74, 6) is -1.54. The molecule has 21 heavy (non-hydrogen) atoms. The van der Waals surface area contributed by atoms with E-state index >= 15 is 0 Å². The lowest BCUT2D eigenvalue weighted by Gasteiger charge is -2.29. The Morgan fingerprint density at radius 3 is 2.67 bits per heavy atom. The van der Waals surface area contributed by atoms with Crippen molar-refractivity contribution in [1.29, 1.82) is 0 Å². The van der Waals surface area contributed by atoms with Crippen molar-refractivity contribution in [2.75, 3.05) is 32.8 Å². The first-order chi connectivity index (χ1) is 10.1. The molecule has 7 heteroatoms. The molecule has 2 atom stereocenters. The second-order valence-corrected chi connectivity index (χ2v) is 5.65. The van der Waals surface area contributed by atoms with Gasteiger partial charge in [0.1, 0.15) is 5.92 Å². The summed E-state index contributed by atoms with van der Waals surface area (Å²) in [4.78, 5) is 24.9. The molecular weight excluding hydrogens is 274 g/mol. The monoisotopic (exact) mass is 299 g/mol. The molecule has 0 bridgehead atoms. The zero-order valence-electron chi connectivity index (χ0n) is 12.5. The van der Waals surface area contributed by atoms with Gasteiger partial charge in [-0.05, 0) is 32.7 Å². The molecule has 2 amide bonds. The molecule has 1 heterocycles. The number of nitrogens with one attached hydrogen (secondary N) is 2. The minimum absolute atomic E-state index is 0.176. The minimum atomic E-state index is -0.905. The van der Waals surface area contributed by atoms with E-state index in [0.29, 0.717) is 25.7 Å². The fourth-order valence-corrected chi connectivity index (χ4v) is 2.59. The van der Waals surface area contributed by atoms with Crippen LogP contribution in [0.25, 0.3) is 0 Å². The summed E-state index contributed by atoms with van der Waals surface area (Å²) in [7, 11) is 0. The number of amides is 2. The van der Waals surface area contributed by atoms with Crippen LogP contribution in [0.15, 0.2) is 0 Å². The number of carbonyl (C=O) groups excluding carboxylic acids is 1. The van der Waals surface area contributed by atoms with Crippen LogP contribution in [-0.2, 0) is 9.53 Å². The molecular formula is C14H25N3O4. The number of ether oxygens (including phenoxy) is 1. The highest BCUT2D eigenvalue weighted by Crippen LogP contribution is 2.20. The molecule has 0 aromatic carbocycles. The second-order valence-electron chi connectivity index (χ2n) is 5.65. The van der Waals surface area contributed by atoms with Crippen molar-refractivity contribution < 1.29 is 19.4 Å². The van der Waals surface area contributed by atoms with E-state index in [1.54, 1.807) is 4.90 Å². The Balaban J connectivity index is 1.73. The number of carbonyl (C=O) groups is 2. The third-order valence-electron chi connectivity index (χ3n) is 4.01. The van der Waals surface area contributed by atoms with Gasteiger partial charge in [0, 0.05) is 19.1 Å². The maximum absolute atomic E-state index is 12.2. The number of urea groups is 1. The fraction of sp³-hybridized carbons (Fsp3) is 0.857. The van der Waals surface area contributed by atoms with Gasteiger partial charge in [-0.1, -0.05) is 0 Å². The maximum Gasteiger partial charge on any atom is 0.317 e. The quantitative estimate of drug-likeness (QED) is 0.559. The SMILES string of the molecule is CCN(C(=O)NCCCNC1CC1)C1COCC1C(=O)O. The van der Waals surface area contributed by atoms with Gasteiger partial charge in [-0.15, -0.1) is 0 Å². The number of carboxylic acids is 1. The molecule has 1 aliphatic heterocycles. The third-order valence-corrected chi connectivity index (χ3v) is 4.01. The summed E-state index contributed by atoms with van der Waals surface area (Å²) < 4.78 is 5.23. The Morgan fingerprint density at radius 1 is 1.29 bits per heavy atom. The van der Waals surface area contributed by atoms with Crippen molar-refractivity contribution in [2.24, 2.45) is 5.92 Å². The van der Waals surface area contributed by atoms with Crippen molar-refractivity contribution in [3.8, 4) is 0 Å². The number of rotatable bonds is 8. The first-order valence-electron chi connectivity index (χ1n) is 7.72. The molecule has 0 spiro atoms. The summed E-state index contributed by atoms with van der Waals surface area (Å²) in [6.45, 7) is 4.30. The first kappa shape index (κ1) is 16.0. The van der Waals surface area contributed by atoms with Crippen molar-refractivity contribution in [3.63, 3.8) is 0 Å². The zero-order valence-corrected chi connectivity index (χ0v) is 12.5. The van der Waals surface area contributed by atoms with Crippen LogP contribution in [0.5, 0.6) is 0 Å². The van der Waals surface area contributed by atoms with E-state index in [1.165, 1.54) is 12.8 Å². The summed E-state index contributed by atoms with van der Waals surface area (Å²) in [5, 5.41) is 15.4. The van der Waals surface area contributed by atoms with Crippen molar-refractivity contribution in [3.05, 3.63) is 0 Å². The smallest absolute Gasteiger partial charge is 0.317 e. The Morgan fingerprint density at radius 2 is 2.05 bits per heavy atom. The van der Waals surface area contributed by atoms with Crippen LogP contribution in [0.3, 0.4) is 0 Å².